The topological polar surface area (TPSA) is 30.5 Å². The molecule has 112 valence electrons. The second-order valence-corrected chi connectivity index (χ2v) is 7.46. The maximum absolute atomic E-state index is 6.15. The molecule has 1 aromatic heterocycles. The van der Waals surface area contributed by atoms with E-state index in [1.807, 2.05) is 24.3 Å². The number of hydrogen-bond donors (Lipinski definition) is 1. The van der Waals surface area contributed by atoms with Crippen LogP contribution >= 0.6 is 27.3 Å². The second kappa shape index (κ2) is 6.38. The lowest BCUT2D eigenvalue weighted by molar-refractivity contribution is 0.0630. The fourth-order valence-electron chi connectivity index (χ4n) is 2.47. The van der Waals surface area contributed by atoms with Gasteiger partial charge in [0.05, 0.1) is 9.83 Å². The van der Waals surface area contributed by atoms with E-state index in [2.05, 4.69) is 41.2 Å². The van der Waals surface area contributed by atoms with Gasteiger partial charge in [-0.2, -0.15) is 0 Å². The van der Waals surface area contributed by atoms with Crippen molar-refractivity contribution in [1.29, 1.82) is 0 Å². The van der Waals surface area contributed by atoms with Gasteiger partial charge in [0.2, 0.25) is 0 Å². The SMILES string of the molecule is CCNC(c1cc(C)c(Br)s1)C1COc2ccccc2O1. The fourth-order valence-corrected chi connectivity index (χ4v) is 4.17. The molecule has 0 aliphatic carbocycles. The minimum absolute atomic E-state index is 0.0233. The first kappa shape index (κ1) is 14.9. The number of rotatable bonds is 4. The molecule has 2 aromatic rings. The summed E-state index contributed by atoms with van der Waals surface area (Å²) in [6.07, 6.45) is -0.0233. The predicted octanol–water partition coefficient (Wildman–Crippen LogP) is 4.31. The lowest BCUT2D eigenvalue weighted by Crippen LogP contribution is -2.41. The third kappa shape index (κ3) is 3.10. The maximum atomic E-state index is 6.15. The van der Waals surface area contributed by atoms with E-state index in [9.17, 15) is 0 Å². The first-order valence-electron chi connectivity index (χ1n) is 7.06. The molecule has 0 amide bonds. The van der Waals surface area contributed by atoms with Crippen LogP contribution in [0, 0.1) is 6.92 Å². The van der Waals surface area contributed by atoms with E-state index in [1.54, 1.807) is 11.3 Å². The van der Waals surface area contributed by atoms with Gasteiger partial charge in [-0.15, -0.1) is 11.3 Å². The molecule has 2 heterocycles. The van der Waals surface area contributed by atoms with Gasteiger partial charge in [-0.25, -0.2) is 0 Å². The van der Waals surface area contributed by atoms with E-state index in [0.717, 1.165) is 18.0 Å². The van der Waals surface area contributed by atoms with E-state index in [4.69, 9.17) is 9.47 Å². The molecule has 5 heteroatoms. The number of likely N-dealkylation sites (N-methyl/N-ethyl adjacent to an activating group) is 1. The average molecular weight is 368 g/mol. The Morgan fingerprint density at radius 3 is 2.81 bits per heavy atom. The van der Waals surface area contributed by atoms with Crippen LogP contribution in [0.5, 0.6) is 11.5 Å². The lowest BCUT2D eigenvalue weighted by atomic mass is 10.1. The van der Waals surface area contributed by atoms with E-state index in [0.29, 0.717) is 6.61 Å². The summed E-state index contributed by atoms with van der Waals surface area (Å²) >= 11 is 5.36. The van der Waals surface area contributed by atoms with E-state index in [-0.39, 0.29) is 12.1 Å². The monoisotopic (exact) mass is 367 g/mol. The minimum atomic E-state index is -0.0233. The van der Waals surface area contributed by atoms with Crippen molar-refractivity contribution in [2.24, 2.45) is 0 Å². The van der Waals surface area contributed by atoms with Crippen molar-refractivity contribution < 1.29 is 9.47 Å². The third-order valence-corrected chi connectivity index (χ3v) is 5.73. The van der Waals surface area contributed by atoms with Crippen molar-refractivity contribution >= 4 is 27.3 Å². The van der Waals surface area contributed by atoms with E-state index < -0.39 is 0 Å². The van der Waals surface area contributed by atoms with Crippen LogP contribution in [0.25, 0.3) is 0 Å². The zero-order chi connectivity index (χ0) is 14.8. The van der Waals surface area contributed by atoms with E-state index in [1.165, 1.54) is 14.2 Å². The van der Waals surface area contributed by atoms with Crippen LogP contribution in [0.4, 0.5) is 0 Å². The summed E-state index contributed by atoms with van der Waals surface area (Å²) < 4.78 is 13.2. The molecule has 0 radical (unpaired) electrons. The Morgan fingerprint density at radius 1 is 1.38 bits per heavy atom. The number of fused-ring (bicyclic) bond motifs is 1. The minimum Gasteiger partial charge on any atom is -0.486 e. The lowest BCUT2D eigenvalue weighted by Gasteiger charge is -2.32. The van der Waals surface area contributed by atoms with Crippen molar-refractivity contribution in [1.82, 2.24) is 5.32 Å². The van der Waals surface area contributed by atoms with Gasteiger partial charge >= 0.3 is 0 Å². The van der Waals surface area contributed by atoms with Gasteiger partial charge in [-0.3, -0.25) is 0 Å². The average Bonchev–Trinajstić information content (AvgIpc) is 2.83. The first-order valence-corrected chi connectivity index (χ1v) is 8.67. The molecule has 1 N–H and O–H groups in total. The molecule has 0 bridgehead atoms. The van der Waals surface area contributed by atoms with Gasteiger partial charge < -0.3 is 14.8 Å². The van der Waals surface area contributed by atoms with Crippen LogP contribution in [0.2, 0.25) is 0 Å². The van der Waals surface area contributed by atoms with Crippen LogP contribution in [0.15, 0.2) is 34.1 Å². The first-order chi connectivity index (χ1) is 10.2. The summed E-state index contributed by atoms with van der Waals surface area (Å²) in [5, 5.41) is 3.52. The van der Waals surface area contributed by atoms with Gasteiger partial charge in [-0.05, 0) is 53.2 Å². The molecule has 0 saturated carbocycles. The number of aryl methyl sites for hydroxylation is 1. The maximum Gasteiger partial charge on any atom is 0.161 e. The molecule has 21 heavy (non-hydrogen) atoms. The van der Waals surface area contributed by atoms with Gasteiger partial charge in [0.15, 0.2) is 17.6 Å². The number of ether oxygens (including phenoxy) is 2. The number of thiophene rings is 1. The number of halogens is 1. The van der Waals surface area contributed by atoms with Crippen molar-refractivity contribution in [3.05, 3.63) is 44.6 Å². The van der Waals surface area contributed by atoms with Crippen molar-refractivity contribution in [2.75, 3.05) is 13.2 Å². The van der Waals surface area contributed by atoms with Gasteiger partial charge in [0, 0.05) is 4.88 Å². The third-order valence-electron chi connectivity index (χ3n) is 3.51. The number of para-hydroxylation sites is 2. The van der Waals surface area contributed by atoms with Gasteiger partial charge in [0.1, 0.15) is 6.61 Å². The van der Waals surface area contributed by atoms with Gasteiger partial charge in [0.25, 0.3) is 0 Å². The van der Waals surface area contributed by atoms with Crippen LogP contribution in [-0.2, 0) is 0 Å². The predicted molar refractivity (Wildman–Crippen MR) is 89.5 cm³/mol. The van der Waals surface area contributed by atoms with E-state index >= 15 is 0 Å². The molecule has 3 nitrogen and oxygen atoms in total. The van der Waals surface area contributed by atoms with Crippen LogP contribution in [0.3, 0.4) is 0 Å². The zero-order valence-corrected chi connectivity index (χ0v) is 14.5. The number of nitrogens with one attached hydrogen (secondary N) is 1. The Balaban J connectivity index is 1.85. The highest BCUT2D eigenvalue weighted by molar-refractivity contribution is 9.11. The zero-order valence-electron chi connectivity index (χ0n) is 12.1. The normalized spacial score (nSPS) is 18.5. The van der Waals surface area contributed by atoms with Crippen molar-refractivity contribution in [2.45, 2.75) is 26.0 Å². The molecular formula is C16H18BrNO2S. The van der Waals surface area contributed by atoms with Crippen LogP contribution in [-0.4, -0.2) is 19.3 Å². The highest BCUT2D eigenvalue weighted by Crippen LogP contribution is 2.37. The standard InChI is InChI=1S/C16H18BrNO2S/c1-3-18-15(14-8-10(2)16(17)21-14)13-9-19-11-6-4-5-7-12(11)20-13/h4-8,13,15,18H,3,9H2,1-2H3. The molecule has 3 rings (SSSR count). The summed E-state index contributed by atoms with van der Waals surface area (Å²) in [5.41, 5.74) is 1.26. The Hall–Kier alpha value is -1.04. The summed E-state index contributed by atoms with van der Waals surface area (Å²) in [6.45, 7) is 5.67. The molecular weight excluding hydrogens is 350 g/mol. The molecule has 0 spiro atoms. The summed E-state index contributed by atoms with van der Waals surface area (Å²) in [4.78, 5) is 1.27. The highest BCUT2D eigenvalue weighted by atomic mass is 79.9. The Bertz CT molecular complexity index is 609. The highest BCUT2D eigenvalue weighted by Gasteiger charge is 2.30. The quantitative estimate of drug-likeness (QED) is 0.873. The molecule has 0 saturated heterocycles. The summed E-state index contributed by atoms with van der Waals surface area (Å²) in [5.74, 6) is 1.65. The van der Waals surface area contributed by atoms with Crippen molar-refractivity contribution in [3.8, 4) is 11.5 Å². The number of hydrogen-bond acceptors (Lipinski definition) is 4. The molecule has 2 unspecified atom stereocenters. The summed E-state index contributed by atoms with van der Waals surface area (Å²) in [7, 11) is 0. The Labute approximate surface area is 137 Å². The van der Waals surface area contributed by atoms with Gasteiger partial charge in [-0.1, -0.05) is 19.1 Å². The largest absolute Gasteiger partial charge is 0.486 e. The Kier molecular flexibility index (Phi) is 4.52. The molecule has 2 atom stereocenters. The molecule has 1 aliphatic heterocycles. The number of benzene rings is 1. The van der Waals surface area contributed by atoms with Crippen LogP contribution in [0.1, 0.15) is 23.4 Å². The molecule has 1 aromatic carbocycles. The fraction of sp³-hybridized carbons (Fsp3) is 0.375. The molecule has 0 fully saturated rings. The second-order valence-electron chi connectivity index (χ2n) is 5.05. The Morgan fingerprint density at radius 2 is 2.14 bits per heavy atom. The smallest absolute Gasteiger partial charge is 0.161 e. The molecule has 1 aliphatic rings. The van der Waals surface area contributed by atoms with Crippen LogP contribution < -0.4 is 14.8 Å². The van der Waals surface area contributed by atoms with Crippen molar-refractivity contribution in [3.63, 3.8) is 0 Å². The summed E-state index contributed by atoms with van der Waals surface area (Å²) in [6, 6.07) is 10.2.